The van der Waals surface area contributed by atoms with E-state index in [1.807, 2.05) is 13.8 Å². The maximum absolute atomic E-state index is 12.5. The van der Waals surface area contributed by atoms with Crippen LogP contribution < -0.4 is 10.2 Å². The van der Waals surface area contributed by atoms with Crippen molar-refractivity contribution in [2.24, 2.45) is 5.92 Å². The van der Waals surface area contributed by atoms with Gasteiger partial charge in [0, 0.05) is 26.3 Å². The van der Waals surface area contributed by atoms with Gasteiger partial charge in [0.1, 0.15) is 11.5 Å². The number of nitrogens with zero attached hydrogens (tertiary/aromatic N) is 3. The summed E-state index contributed by atoms with van der Waals surface area (Å²) in [7, 11) is 0. The number of aryl methyl sites for hydroxylation is 3. The van der Waals surface area contributed by atoms with Crippen LogP contribution in [0.5, 0.6) is 0 Å². The van der Waals surface area contributed by atoms with Gasteiger partial charge >= 0.3 is 0 Å². The number of hydrogen-bond donors (Lipinski definition) is 2. The van der Waals surface area contributed by atoms with Crippen molar-refractivity contribution in [2.45, 2.75) is 39.5 Å². The minimum Gasteiger partial charge on any atom is -0.381 e. The second-order valence-corrected chi connectivity index (χ2v) is 7.61. The Bertz CT molecular complexity index is 826. The van der Waals surface area contributed by atoms with Gasteiger partial charge in [-0.15, -0.1) is 0 Å². The molecular weight excluding hydrogens is 342 g/mol. The first-order chi connectivity index (χ1) is 13.1. The molecular formula is C20H27N5O2. The van der Waals surface area contributed by atoms with E-state index in [0.717, 1.165) is 68.8 Å². The van der Waals surface area contributed by atoms with E-state index < -0.39 is 0 Å². The van der Waals surface area contributed by atoms with Crippen molar-refractivity contribution in [1.29, 1.82) is 0 Å². The molecule has 2 N–H and O–H groups in total. The van der Waals surface area contributed by atoms with Gasteiger partial charge in [-0.2, -0.15) is 5.10 Å². The zero-order valence-corrected chi connectivity index (χ0v) is 16.0. The average Bonchev–Trinajstić information content (AvgIpc) is 3.10. The number of anilines is 2. The van der Waals surface area contributed by atoms with Crippen molar-refractivity contribution in [3.05, 3.63) is 34.8 Å². The van der Waals surface area contributed by atoms with Crippen molar-refractivity contribution >= 4 is 17.4 Å². The lowest BCUT2D eigenvalue weighted by Crippen LogP contribution is -2.36. The Morgan fingerprint density at radius 3 is 2.89 bits per heavy atom. The Labute approximate surface area is 159 Å². The lowest BCUT2D eigenvalue weighted by atomic mass is 9.97. The predicted octanol–water partition coefficient (Wildman–Crippen LogP) is 2.85. The van der Waals surface area contributed by atoms with Crippen LogP contribution in [0, 0.1) is 19.8 Å². The molecule has 2 aliphatic heterocycles. The van der Waals surface area contributed by atoms with Crippen LogP contribution in [0.25, 0.3) is 0 Å². The number of ether oxygens (including phenoxy) is 1. The summed E-state index contributed by atoms with van der Waals surface area (Å²) in [5.41, 5.74) is 4.59. The van der Waals surface area contributed by atoms with Gasteiger partial charge in [-0.3, -0.25) is 9.89 Å². The molecule has 0 unspecified atom stereocenters. The Hall–Kier alpha value is -2.41. The summed E-state index contributed by atoms with van der Waals surface area (Å²) in [6.45, 7) is 7.76. The minimum atomic E-state index is -0.199. The van der Waals surface area contributed by atoms with Gasteiger partial charge < -0.3 is 15.0 Å². The molecule has 0 aliphatic carbocycles. The molecule has 0 aromatic carbocycles. The molecule has 0 spiro atoms. The Morgan fingerprint density at radius 1 is 1.33 bits per heavy atom. The number of H-pyrrole nitrogens is 1. The van der Waals surface area contributed by atoms with E-state index in [-0.39, 0.29) is 5.91 Å². The van der Waals surface area contributed by atoms with Crippen LogP contribution in [0.1, 0.15) is 46.6 Å². The fourth-order valence-electron chi connectivity index (χ4n) is 3.96. The maximum atomic E-state index is 12.5. The molecule has 2 aliphatic rings. The van der Waals surface area contributed by atoms with E-state index in [1.165, 1.54) is 5.69 Å². The zero-order chi connectivity index (χ0) is 18.8. The number of rotatable bonds is 4. The van der Waals surface area contributed by atoms with E-state index in [0.29, 0.717) is 17.4 Å². The average molecular weight is 369 g/mol. The largest absolute Gasteiger partial charge is 0.381 e. The number of aromatic nitrogens is 3. The van der Waals surface area contributed by atoms with Gasteiger partial charge in [0.05, 0.1) is 17.6 Å². The van der Waals surface area contributed by atoms with Gasteiger partial charge in [0.15, 0.2) is 0 Å². The third kappa shape index (κ3) is 3.83. The van der Waals surface area contributed by atoms with Crippen molar-refractivity contribution in [3.63, 3.8) is 0 Å². The number of carbonyl (C=O) groups excluding carboxylic acids is 1. The van der Waals surface area contributed by atoms with Crippen molar-refractivity contribution in [3.8, 4) is 0 Å². The fraction of sp³-hybridized carbons (Fsp3) is 0.550. The first kappa shape index (κ1) is 18.0. The van der Waals surface area contributed by atoms with E-state index in [9.17, 15) is 4.79 Å². The maximum Gasteiger partial charge on any atom is 0.275 e. The SMILES string of the molecule is Cc1cc2c(nc1NC(=O)c1[nH]ncc1C)CCCN2CC1CCOCC1. The molecule has 4 heterocycles. The van der Waals surface area contributed by atoms with Crippen LogP contribution in [0.15, 0.2) is 12.3 Å². The second kappa shape index (κ2) is 7.68. The number of pyridine rings is 1. The summed E-state index contributed by atoms with van der Waals surface area (Å²) in [5.74, 6) is 1.13. The molecule has 4 rings (SSSR count). The lowest BCUT2D eigenvalue weighted by molar-refractivity contribution is 0.0681. The Morgan fingerprint density at radius 2 is 2.15 bits per heavy atom. The van der Waals surface area contributed by atoms with E-state index in [2.05, 4.69) is 26.5 Å². The molecule has 7 nitrogen and oxygen atoms in total. The highest BCUT2D eigenvalue weighted by atomic mass is 16.5. The number of carbonyl (C=O) groups is 1. The standard InChI is InChI=1S/C20H27N5O2/c1-13-10-17-16(4-3-7-25(17)12-15-5-8-27-9-6-15)22-19(13)23-20(26)18-14(2)11-21-24-18/h10-11,15H,3-9,12H2,1-2H3,(H,21,24)(H,22,23,26). The van der Waals surface area contributed by atoms with Crippen LogP contribution in [0.4, 0.5) is 11.5 Å². The fourth-order valence-corrected chi connectivity index (χ4v) is 3.96. The van der Waals surface area contributed by atoms with Gasteiger partial charge in [0.2, 0.25) is 0 Å². The molecule has 2 aromatic heterocycles. The lowest BCUT2D eigenvalue weighted by Gasteiger charge is -2.35. The quantitative estimate of drug-likeness (QED) is 0.866. The zero-order valence-electron chi connectivity index (χ0n) is 16.0. The number of aromatic amines is 1. The van der Waals surface area contributed by atoms with Gasteiger partial charge in [0.25, 0.3) is 5.91 Å². The summed E-state index contributed by atoms with van der Waals surface area (Å²) < 4.78 is 5.49. The van der Waals surface area contributed by atoms with Crippen LogP contribution in [-0.4, -0.2) is 47.4 Å². The van der Waals surface area contributed by atoms with Crippen LogP contribution in [-0.2, 0) is 11.2 Å². The molecule has 0 saturated carbocycles. The Kier molecular flexibility index (Phi) is 5.11. The normalized spacial score (nSPS) is 17.6. The van der Waals surface area contributed by atoms with Crippen LogP contribution in [0.3, 0.4) is 0 Å². The highest BCUT2D eigenvalue weighted by Gasteiger charge is 2.24. The topological polar surface area (TPSA) is 83.1 Å². The van der Waals surface area contributed by atoms with E-state index >= 15 is 0 Å². The first-order valence-electron chi connectivity index (χ1n) is 9.76. The second-order valence-electron chi connectivity index (χ2n) is 7.61. The van der Waals surface area contributed by atoms with Gasteiger partial charge in [-0.25, -0.2) is 4.98 Å². The third-order valence-corrected chi connectivity index (χ3v) is 5.56. The molecule has 0 atom stereocenters. The van der Waals surface area contributed by atoms with Crippen molar-refractivity contribution < 1.29 is 9.53 Å². The number of hydrogen-bond acceptors (Lipinski definition) is 5. The van der Waals surface area contributed by atoms with Crippen LogP contribution >= 0.6 is 0 Å². The Balaban J connectivity index is 1.53. The summed E-state index contributed by atoms with van der Waals surface area (Å²) in [6.07, 6.45) is 5.97. The molecule has 27 heavy (non-hydrogen) atoms. The minimum absolute atomic E-state index is 0.199. The molecule has 0 radical (unpaired) electrons. The van der Waals surface area contributed by atoms with Gasteiger partial charge in [-0.1, -0.05) is 0 Å². The van der Waals surface area contributed by atoms with Crippen molar-refractivity contribution in [2.75, 3.05) is 36.5 Å². The smallest absolute Gasteiger partial charge is 0.275 e. The highest BCUT2D eigenvalue weighted by Crippen LogP contribution is 2.31. The summed E-state index contributed by atoms with van der Waals surface area (Å²) in [5, 5.41) is 9.62. The summed E-state index contributed by atoms with van der Waals surface area (Å²) >= 11 is 0. The highest BCUT2D eigenvalue weighted by molar-refractivity contribution is 6.03. The first-order valence-corrected chi connectivity index (χ1v) is 9.76. The third-order valence-electron chi connectivity index (χ3n) is 5.56. The van der Waals surface area contributed by atoms with E-state index in [4.69, 9.17) is 9.72 Å². The molecule has 144 valence electrons. The molecule has 1 saturated heterocycles. The van der Waals surface area contributed by atoms with Gasteiger partial charge in [-0.05, 0) is 62.6 Å². The molecule has 0 bridgehead atoms. The predicted molar refractivity (Wildman–Crippen MR) is 104 cm³/mol. The molecule has 1 amide bonds. The molecule has 7 heteroatoms. The van der Waals surface area contributed by atoms with Crippen molar-refractivity contribution in [1.82, 2.24) is 15.2 Å². The molecule has 2 aromatic rings. The summed E-state index contributed by atoms with van der Waals surface area (Å²) in [6, 6.07) is 2.18. The summed E-state index contributed by atoms with van der Waals surface area (Å²) in [4.78, 5) is 19.8. The number of amides is 1. The molecule has 1 fully saturated rings. The number of fused-ring (bicyclic) bond motifs is 1. The monoisotopic (exact) mass is 369 g/mol. The number of nitrogens with one attached hydrogen (secondary N) is 2. The van der Waals surface area contributed by atoms with E-state index in [1.54, 1.807) is 6.20 Å². The van der Waals surface area contributed by atoms with Crippen LogP contribution in [0.2, 0.25) is 0 Å².